The van der Waals surface area contributed by atoms with Gasteiger partial charge in [-0.25, -0.2) is 0 Å². The van der Waals surface area contributed by atoms with E-state index in [-0.39, 0.29) is 6.42 Å². The fourth-order valence-corrected chi connectivity index (χ4v) is 1.64. The summed E-state index contributed by atoms with van der Waals surface area (Å²) < 4.78 is 0. The van der Waals surface area contributed by atoms with Gasteiger partial charge in [0, 0.05) is 6.42 Å². The van der Waals surface area contributed by atoms with Crippen LogP contribution in [0.3, 0.4) is 0 Å². The summed E-state index contributed by atoms with van der Waals surface area (Å²) in [5.74, 6) is -0.699. The first kappa shape index (κ1) is 18.4. The van der Waals surface area contributed by atoms with Crippen molar-refractivity contribution in [3.05, 3.63) is 48.6 Å². The average Bonchev–Trinajstić information content (AvgIpc) is 2.43. The lowest BCUT2D eigenvalue weighted by atomic mass is 10.2. The summed E-state index contributed by atoms with van der Waals surface area (Å²) in [6, 6.07) is 0. The normalized spacial score (nSPS) is 12.4. The molecule has 2 nitrogen and oxygen atoms in total. The van der Waals surface area contributed by atoms with E-state index in [0.29, 0.717) is 0 Å². The number of hydrogen-bond acceptors (Lipinski definition) is 1. The number of rotatable bonds is 12. The van der Waals surface area contributed by atoms with Gasteiger partial charge in [0.2, 0.25) is 0 Å². The number of unbranched alkanes of at least 4 members (excludes halogenated alkanes) is 2. The Morgan fingerprint density at radius 3 is 1.80 bits per heavy atom. The maximum Gasteiger partial charge on any atom is 0.303 e. The Labute approximate surface area is 123 Å². The maximum atomic E-state index is 10.3. The molecule has 0 spiro atoms. The van der Waals surface area contributed by atoms with Crippen molar-refractivity contribution in [1.82, 2.24) is 0 Å². The number of allylic oxidation sites excluding steroid dienone is 8. The van der Waals surface area contributed by atoms with Crippen molar-refractivity contribution in [3.8, 4) is 0 Å². The fourth-order valence-electron chi connectivity index (χ4n) is 1.64. The van der Waals surface area contributed by atoms with Gasteiger partial charge in [-0.05, 0) is 44.9 Å². The lowest BCUT2D eigenvalue weighted by Gasteiger charge is -1.92. The lowest BCUT2D eigenvalue weighted by molar-refractivity contribution is -0.137. The highest BCUT2D eigenvalue weighted by Crippen LogP contribution is 2.01. The highest BCUT2D eigenvalue weighted by molar-refractivity contribution is 5.66. The minimum atomic E-state index is -0.699. The summed E-state index contributed by atoms with van der Waals surface area (Å²) in [5.41, 5.74) is 0. The smallest absolute Gasteiger partial charge is 0.303 e. The summed E-state index contributed by atoms with van der Waals surface area (Å²) in [5, 5.41) is 8.48. The largest absolute Gasteiger partial charge is 0.481 e. The molecule has 0 bridgehead atoms. The first-order valence-corrected chi connectivity index (χ1v) is 7.59. The molecule has 0 aliphatic rings. The van der Waals surface area contributed by atoms with Gasteiger partial charge in [0.05, 0.1) is 0 Å². The van der Waals surface area contributed by atoms with Crippen LogP contribution >= 0.6 is 0 Å². The molecule has 0 atom stereocenters. The molecule has 0 aliphatic heterocycles. The first-order valence-electron chi connectivity index (χ1n) is 7.59. The van der Waals surface area contributed by atoms with Gasteiger partial charge in [0.1, 0.15) is 0 Å². The number of aliphatic carboxylic acids is 1. The number of carbonyl (C=O) groups is 1. The quantitative estimate of drug-likeness (QED) is 0.381. The van der Waals surface area contributed by atoms with E-state index in [0.717, 1.165) is 44.9 Å². The molecule has 2 heteroatoms. The van der Waals surface area contributed by atoms with Gasteiger partial charge in [0.15, 0.2) is 0 Å². The highest BCUT2D eigenvalue weighted by Gasteiger charge is 1.93. The standard InChI is InChI=1S/C18H28O2/c1-2-3-4-5-6-7-8-9-10-11-12-13-14-15-16-17-18(19)20/h3-4,6-7,9-10,12-13H,2,5,8,11,14-17H2,1H3,(H,19,20)/b4-3+,7-6-,10-9-,13-12-. The second-order valence-electron chi connectivity index (χ2n) is 4.64. The molecule has 0 radical (unpaired) electrons. The molecule has 20 heavy (non-hydrogen) atoms. The molecule has 112 valence electrons. The molecule has 0 amide bonds. The topological polar surface area (TPSA) is 37.3 Å². The third-order valence-corrected chi connectivity index (χ3v) is 2.73. The minimum Gasteiger partial charge on any atom is -0.481 e. The molecular formula is C18H28O2. The Kier molecular flexibility index (Phi) is 14.3. The van der Waals surface area contributed by atoms with E-state index in [1.165, 1.54) is 0 Å². The summed E-state index contributed by atoms with van der Waals surface area (Å²) in [6.07, 6.45) is 24.4. The van der Waals surface area contributed by atoms with Crippen molar-refractivity contribution in [2.75, 3.05) is 0 Å². The molecule has 0 unspecified atom stereocenters. The van der Waals surface area contributed by atoms with Crippen molar-refractivity contribution >= 4 is 5.97 Å². The predicted octanol–water partition coefficient (Wildman–Crippen LogP) is 5.44. The minimum absolute atomic E-state index is 0.285. The summed E-state index contributed by atoms with van der Waals surface area (Å²) >= 11 is 0. The lowest BCUT2D eigenvalue weighted by Crippen LogP contribution is -1.92. The second-order valence-corrected chi connectivity index (χ2v) is 4.64. The van der Waals surface area contributed by atoms with E-state index in [9.17, 15) is 4.79 Å². The summed E-state index contributed by atoms with van der Waals surface area (Å²) in [6.45, 7) is 2.14. The van der Waals surface area contributed by atoms with Crippen LogP contribution < -0.4 is 0 Å². The van der Waals surface area contributed by atoms with Crippen LogP contribution in [-0.4, -0.2) is 11.1 Å². The van der Waals surface area contributed by atoms with E-state index in [1.54, 1.807) is 0 Å². The molecule has 0 fully saturated rings. The van der Waals surface area contributed by atoms with Gasteiger partial charge in [-0.15, -0.1) is 0 Å². The monoisotopic (exact) mass is 276 g/mol. The van der Waals surface area contributed by atoms with Crippen LogP contribution in [-0.2, 0) is 4.79 Å². The summed E-state index contributed by atoms with van der Waals surface area (Å²) in [4.78, 5) is 10.3. The van der Waals surface area contributed by atoms with Crippen LogP contribution in [0.4, 0.5) is 0 Å². The zero-order valence-corrected chi connectivity index (χ0v) is 12.6. The molecule has 0 aromatic heterocycles. The molecule has 0 aliphatic carbocycles. The van der Waals surface area contributed by atoms with Crippen LogP contribution in [0.15, 0.2) is 48.6 Å². The number of carboxylic acid groups (broad SMARTS) is 1. The third kappa shape index (κ3) is 16.4. The molecule has 0 rings (SSSR count). The van der Waals surface area contributed by atoms with Gasteiger partial charge < -0.3 is 5.11 Å². The number of carboxylic acids is 1. The van der Waals surface area contributed by atoms with Crippen LogP contribution in [0.5, 0.6) is 0 Å². The maximum absolute atomic E-state index is 10.3. The van der Waals surface area contributed by atoms with Crippen LogP contribution in [0.25, 0.3) is 0 Å². The van der Waals surface area contributed by atoms with Crippen molar-refractivity contribution in [2.24, 2.45) is 0 Å². The molecular weight excluding hydrogens is 248 g/mol. The Hall–Kier alpha value is -1.57. The SMILES string of the molecule is CC/C=C/C/C=C\C/C=C\C/C=C\CCCCC(=O)O. The van der Waals surface area contributed by atoms with Crippen molar-refractivity contribution in [2.45, 2.75) is 58.3 Å². The highest BCUT2D eigenvalue weighted by atomic mass is 16.4. The van der Waals surface area contributed by atoms with Gasteiger partial charge >= 0.3 is 5.97 Å². The van der Waals surface area contributed by atoms with Gasteiger partial charge in [-0.1, -0.05) is 55.5 Å². The van der Waals surface area contributed by atoms with Crippen LogP contribution in [0, 0.1) is 0 Å². The van der Waals surface area contributed by atoms with Crippen molar-refractivity contribution in [3.63, 3.8) is 0 Å². The first-order chi connectivity index (χ1) is 9.77. The van der Waals surface area contributed by atoms with E-state index >= 15 is 0 Å². The van der Waals surface area contributed by atoms with E-state index in [4.69, 9.17) is 5.11 Å². The molecule has 0 aromatic rings. The van der Waals surface area contributed by atoms with Crippen LogP contribution in [0.2, 0.25) is 0 Å². The third-order valence-electron chi connectivity index (χ3n) is 2.73. The van der Waals surface area contributed by atoms with E-state index in [1.807, 2.05) is 0 Å². The Bertz CT molecular complexity index is 335. The Balaban J connectivity index is 3.38. The zero-order chi connectivity index (χ0) is 14.9. The van der Waals surface area contributed by atoms with Gasteiger partial charge in [-0.2, -0.15) is 0 Å². The molecule has 0 saturated carbocycles. The van der Waals surface area contributed by atoms with Crippen molar-refractivity contribution < 1.29 is 9.90 Å². The van der Waals surface area contributed by atoms with Crippen molar-refractivity contribution in [1.29, 1.82) is 0 Å². The fraction of sp³-hybridized carbons (Fsp3) is 0.500. The predicted molar refractivity (Wildman–Crippen MR) is 86.8 cm³/mol. The average molecular weight is 276 g/mol. The van der Waals surface area contributed by atoms with Gasteiger partial charge in [0.25, 0.3) is 0 Å². The molecule has 1 N–H and O–H groups in total. The van der Waals surface area contributed by atoms with Gasteiger partial charge in [-0.3, -0.25) is 4.79 Å². The Morgan fingerprint density at radius 2 is 1.30 bits per heavy atom. The molecule has 0 heterocycles. The van der Waals surface area contributed by atoms with E-state index < -0.39 is 5.97 Å². The van der Waals surface area contributed by atoms with Crippen LogP contribution in [0.1, 0.15) is 58.3 Å². The molecule has 0 saturated heterocycles. The number of hydrogen-bond donors (Lipinski definition) is 1. The second kappa shape index (κ2) is 15.5. The zero-order valence-electron chi connectivity index (χ0n) is 12.6. The molecule has 0 aromatic carbocycles. The summed E-state index contributed by atoms with van der Waals surface area (Å²) in [7, 11) is 0. The Morgan fingerprint density at radius 1 is 0.800 bits per heavy atom. The van der Waals surface area contributed by atoms with E-state index in [2.05, 4.69) is 55.5 Å².